The van der Waals surface area contributed by atoms with Crippen molar-refractivity contribution in [3.8, 4) is 0 Å². The van der Waals surface area contributed by atoms with Crippen molar-refractivity contribution in [2.45, 2.75) is 38.3 Å². The monoisotopic (exact) mass is 290 g/mol. The van der Waals surface area contributed by atoms with Gasteiger partial charge >= 0.3 is 0 Å². The molecule has 2 unspecified atom stereocenters. The van der Waals surface area contributed by atoms with Gasteiger partial charge in [-0.05, 0) is 24.8 Å². The van der Waals surface area contributed by atoms with Crippen LogP contribution in [0.15, 0.2) is 30.3 Å². The molecule has 0 saturated carbocycles. The van der Waals surface area contributed by atoms with E-state index < -0.39 is 0 Å². The molecule has 1 heterocycles. The van der Waals surface area contributed by atoms with Crippen molar-refractivity contribution in [1.82, 2.24) is 10.2 Å². The second kappa shape index (κ2) is 7.22. The molecular weight excluding hydrogens is 268 g/mol. The van der Waals surface area contributed by atoms with Gasteiger partial charge in [0.05, 0.1) is 6.04 Å². The Balaban J connectivity index is 2.06. The van der Waals surface area contributed by atoms with Gasteiger partial charge in [-0.1, -0.05) is 30.3 Å². The van der Waals surface area contributed by atoms with Crippen molar-refractivity contribution >= 4 is 11.8 Å². The number of carbonyl (C=O) groups is 2. The first-order valence-electron chi connectivity index (χ1n) is 7.37. The summed E-state index contributed by atoms with van der Waals surface area (Å²) in [5.74, 6) is -0.198. The number of benzene rings is 1. The molecule has 2 amide bonds. The lowest BCUT2D eigenvalue weighted by Gasteiger charge is -2.25. The van der Waals surface area contributed by atoms with Crippen LogP contribution in [-0.2, 0) is 9.59 Å². The Morgan fingerprint density at radius 1 is 1.38 bits per heavy atom. The second-order valence-corrected chi connectivity index (χ2v) is 5.35. The zero-order valence-electron chi connectivity index (χ0n) is 12.3. The fourth-order valence-corrected chi connectivity index (χ4v) is 2.82. The van der Waals surface area contributed by atoms with Crippen LogP contribution in [0.1, 0.15) is 37.8 Å². The minimum atomic E-state index is -0.382. The Morgan fingerprint density at radius 2 is 2.10 bits per heavy atom. The van der Waals surface area contributed by atoms with Gasteiger partial charge in [0.25, 0.3) is 0 Å². The number of likely N-dealkylation sites (tertiary alicyclic amines) is 1. The summed E-state index contributed by atoms with van der Waals surface area (Å²) in [5.41, 5.74) is 0.965. The molecule has 1 aliphatic heterocycles. The zero-order chi connectivity index (χ0) is 15.2. The highest BCUT2D eigenvalue weighted by Gasteiger charge is 2.33. The Bertz CT molecular complexity index is 490. The normalized spacial score (nSPS) is 19.3. The predicted octanol–water partition coefficient (Wildman–Crippen LogP) is 1.24. The minimum Gasteiger partial charge on any atom is -0.396 e. The Hall–Kier alpha value is -1.88. The van der Waals surface area contributed by atoms with E-state index >= 15 is 0 Å². The molecule has 0 radical (unpaired) electrons. The summed E-state index contributed by atoms with van der Waals surface area (Å²) in [6.07, 6.45) is 2.02. The third-order valence-electron chi connectivity index (χ3n) is 3.90. The van der Waals surface area contributed by atoms with E-state index in [9.17, 15) is 14.7 Å². The van der Waals surface area contributed by atoms with Crippen molar-refractivity contribution < 1.29 is 14.7 Å². The van der Waals surface area contributed by atoms with Gasteiger partial charge in [0.2, 0.25) is 11.8 Å². The number of carbonyl (C=O) groups excluding carboxylic acids is 2. The molecule has 2 atom stereocenters. The maximum atomic E-state index is 12.4. The van der Waals surface area contributed by atoms with E-state index in [2.05, 4.69) is 5.32 Å². The van der Waals surface area contributed by atoms with Crippen LogP contribution in [0.2, 0.25) is 0 Å². The third-order valence-corrected chi connectivity index (χ3v) is 3.90. The van der Waals surface area contributed by atoms with Crippen LogP contribution in [0.3, 0.4) is 0 Å². The molecule has 0 spiro atoms. The van der Waals surface area contributed by atoms with Crippen LogP contribution < -0.4 is 5.32 Å². The Kier molecular flexibility index (Phi) is 5.33. The van der Waals surface area contributed by atoms with Gasteiger partial charge in [0.1, 0.15) is 6.04 Å². The largest absolute Gasteiger partial charge is 0.396 e. The number of rotatable bonds is 5. The fourth-order valence-electron chi connectivity index (χ4n) is 2.82. The highest BCUT2D eigenvalue weighted by molar-refractivity contribution is 5.87. The molecule has 5 heteroatoms. The van der Waals surface area contributed by atoms with Gasteiger partial charge in [0.15, 0.2) is 0 Å². The van der Waals surface area contributed by atoms with Gasteiger partial charge in [-0.2, -0.15) is 0 Å². The molecule has 1 fully saturated rings. The zero-order valence-corrected chi connectivity index (χ0v) is 12.3. The van der Waals surface area contributed by atoms with Crippen molar-refractivity contribution in [2.75, 3.05) is 13.2 Å². The Morgan fingerprint density at radius 3 is 2.71 bits per heavy atom. The number of aliphatic hydroxyl groups is 1. The summed E-state index contributed by atoms with van der Waals surface area (Å²) in [6.45, 7) is 2.14. The number of nitrogens with one attached hydrogen (secondary N) is 1. The molecule has 0 bridgehead atoms. The molecule has 2 N–H and O–H groups in total. The van der Waals surface area contributed by atoms with Crippen LogP contribution in [-0.4, -0.2) is 41.0 Å². The van der Waals surface area contributed by atoms with Gasteiger partial charge < -0.3 is 15.3 Å². The van der Waals surface area contributed by atoms with Crippen LogP contribution in [0.5, 0.6) is 0 Å². The summed E-state index contributed by atoms with van der Waals surface area (Å²) in [6, 6.07) is 8.98. The molecule has 1 aromatic rings. The molecule has 1 aliphatic rings. The van der Waals surface area contributed by atoms with Crippen LogP contribution in [0.4, 0.5) is 0 Å². The molecule has 5 nitrogen and oxygen atoms in total. The lowest BCUT2D eigenvalue weighted by molar-refractivity contribution is -0.137. The number of amides is 2. The topological polar surface area (TPSA) is 69.6 Å². The van der Waals surface area contributed by atoms with Crippen LogP contribution in [0.25, 0.3) is 0 Å². The molecule has 1 aromatic carbocycles. The first kappa shape index (κ1) is 15.5. The number of nitrogens with zero attached hydrogens (tertiary/aromatic N) is 1. The Labute approximate surface area is 125 Å². The summed E-state index contributed by atoms with van der Waals surface area (Å²) >= 11 is 0. The summed E-state index contributed by atoms with van der Waals surface area (Å²) in [4.78, 5) is 25.6. The third kappa shape index (κ3) is 3.82. The van der Waals surface area contributed by atoms with Gasteiger partial charge in [-0.25, -0.2) is 0 Å². The summed E-state index contributed by atoms with van der Waals surface area (Å²) < 4.78 is 0. The number of hydrogen-bond acceptors (Lipinski definition) is 3. The molecular formula is C16H22N2O3. The van der Waals surface area contributed by atoms with E-state index in [-0.39, 0.29) is 30.5 Å². The number of aliphatic hydroxyl groups excluding tert-OH is 1. The average Bonchev–Trinajstić information content (AvgIpc) is 2.97. The van der Waals surface area contributed by atoms with Crippen LogP contribution >= 0.6 is 0 Å². The maximum absolute atomic E-state index is 12.4. The summed E-state index contributed by atoms with van der Waals surface area (Å²) in [7, 11) is 0. The fraction of sp³-hybridized carbons (Fsp3) is 0.500. The van der Waals surface area contributed by atoms with Crippen molar-refractivity contribution in [2.24, 2.45) is 0 Å². The molecule has 0 aliphatic carbocycles. The van der Waals surface area contributed by atoms with E-state index in [1.807, 2.05) is 30.3 Å². The molecule has 0 aromatic heterocycles. The van der Waals surface area contributed by atoms with Crippen LogP contribution in [0, 0.1) is 0 Å². The standard InChI is InChI=1S/C16H22N2O3/c1-12(20)18-10-5-8-15(18)16(21)17-14(9-11-19)13-6-3-2-4-7-13/h2-4,6-7,14-15,19H,5,8-11H2,1H3,(H,17,21). The molecule has 2 rings (SSSR count). The van der Waals surface area contributed by atoms with Crippen molar-refractivity contribution in [1.29, 1.82) is 0 Å². The van der Waals surface area contributed by atoms with E-state index in [1.54, 1.807) is 4.90 Å². The first-order chi connectivity index (χ1) is 10.1. The molecule has 1 saturated heterocycles. The second-order valence-electron chi connectivity index (χ2n) is 5.35. The van der Waals surface area contributed by atoms with Crippen molar-refractivity contribution in [3.63, 3.8) is 0 Å². The van der Waals surface area contributed by atoms with E-state index in [0.717, 1.165) is 12.0 Å². The van der Waals surface area contributed by atoms with Gasteiger partial charge in [0, 0.05) is 20.1 Å². The van der Waals surface area contributed by atoms with Crippen molar-refractivity contribution in [3.05, 3.63) is 35.9 Å². The highest BCUT2D eigenvalue weighted by Crippen LogP contribution is 2.21. The highest BCUT2D eigenvalue weighted by atomic mass is 16.3. The lowest BCUT2D eigenvalue weighted by Crippen LogP contribution is -2.46. The summed E-state index contributed by atoms with van der Waals surface area (Å²) in [5, 5.41) is 12.2. The quantitative estimate of drug-likeness (QED) is 0.857. The van der Waals surface area contributed by atoms with Gasteiger partial charge in [-0.15, -0.1) is 0 Å². The molecule has 21 heavy (non-hydrogen) atoms. The smallest absolute Gasteiger partial charge is 0.243 e. The minimum absolute atomic E-state index is 0.000923. The molecule has 114 valence electrons. The van der Waals surface area contributed by atoms with E-state index in [1.165, 1.54) is 6.92 Å². The van der Waals surface area contributed by atoms with E-state index in [0.29, 0.717) is 19.4 Å². The van der Waals surface area contributed by atoms with Gasteiger partial charge in [-0.3, -0.25) is 9.59 Å². The predicted molar refractivity (Wildman–Crippen MR) is 79.4 cm³/mol. The number of hydrogen-bond donors (Lipinski definition) is 2. The lowest BCUT2D eigenvalue weighted by atomic mass is 10.0. The first-order valence-corrected chi connectivity index (χ1v) is 7.37. The van der Waals surface area contributed by atoms with E-state index in [4.69, 9.17) is 0 Å². The average molecular weight is 290 g/mol. The maximum Gasteiger partial charge on any atom is 0.243 e. The SMILES string of the molecule is CC(=O)N1CCCC1C(=O)NC(CCO)c1ccccc1.